The fourth-order valence-electron chi connectivity index (χ4n) is 2.43. The van der Waals surface area contributed by atoms with Crippen molar-refractivity contribution in [3.05, 3.63) is 69.6 Å². The van der Waals surface area contributed by atoms with Crippen molar-refractivity contribution in [2.75, 3.05) is 17.3 Å². The molecule has 0 bridgehead atoms. The summed E-state index contributed by atoms with van der Waals surface area (Å²) in [6.07, 6.45) is 0. The first-order chi connectivity index (χ1) is 12.8. The van der Waals surface area contributed by atoms with Gasteiger partial charge in [-0.25, -0.2) is 14.1 Å². The van der Waals surface area contributed by atoms with Gasteiger partial charge in [-0.3, -0.25) is 9.59 Å². The number of esters is 1. The summed E-state index contributed by atoms with van der Waals surface area (Å²) in [5.74, 6) is -2.60. The van der Waals surface area contributed by atoms with Gasteiger partial charge in [-0.15, -0.1) is 0 Å². The SMILES string of the molecule is COC(=O)c1ccc(N2C(=O)C(Cl)=C(Nc3ccc(F)c(Cl)c3)C2=O)cc1. The lowest BCUT2D eigenvalue weighted by Crippen LogP contribution is -2.32. The van der Waals surface area contributed by atoms with Crippen LogP contribution in [0.3, 0.4) is 0 Å². The van der Waals surface area contributed by atoms with E-state index in [0.29, 0.717) is 5.69 Å². The highest BCUT2D eigenvalue weighted by Crippen LogP contribution is 2.31. The van der Waals surface area contributed by atoms with Crippen LogP contribution in [0.5, 0.6) is 0 Å². The lowest BCUT2D eigenvalue weighted by atomic mass is 10.2. The van der Waals surface area contributed by atoms with Crippen LogP contribution in [0, 0.1) is 5.82 Å². The maximum absolute atomic E-state index is 13.3. The normalized spacial score (nSPS) is 14.0. The summed E-state index contributed by atoms with van der Waals surface area (Å²) in [6, 6.07) is 9.41. The largest absolute Gasteiger partial charge is 0.465 e. The van der Waals surface area contributed by atoms with Crippen molar-refractivity contribution < 1.29 is 23.5 Å². The average Bonchev–Trinajstić information content (AvgIpc) is 2.87. The van der Waals surface area contributed by atoms with Crippen LogP contribution >= 0.6 is 23.2 Å². The average molecular weight is 409 g/mol. The Labute approximate surface area is 163 Å². The molecule has 6 nitrogen and oxygen atoms in total. The molecule has 0 aliphatic carbocycles. The van der Waals surface area contributed by atoms with Crippen molar-refractivity contribution in [2.45, 2.75) is 0 Å². The first-order valence-corrected chi connectivity index (χ1v) is 8.28. The monoisotopic (exact) mass is 408 g/mol. The number of anilines is 2. The van der Waals surface area contributed by atoms with Gasteiger partial charge in [0.15, 0.2) is 0 Å². The van der Waals surface area contributed by atoms with Crippen LogP contribution < -0.4 is 10.2 Å². The highest BCUT2D eigenvalue weighted by molar-refractivity contribution is 6.53. The third-order valence-corrected chi connectivity index (χ3v) is 4.40. The van der Waals surface area contributed by atoms with Gasteiger partial charge >= 0.3 is 5.97 Å². The van der Waals surface area contributed by atoms with Crippen LogP contribution in [-0.2, 0) is 14.3 Å². The zero-order chi connectivity index (χ0) is 19.7. The van der Waals surface area contributed by atoms with E-state index in [4.69, 9.17) is 23.2 Å². The fourth-order valence-corrected chi connectivity index (χ4v) is 2.82. The minimum Gasteiger partial charge on any atom is -0.465 e. The number of hydrogen-bond acceptors (Lipinski definition) is 5. The molecule has 0 unspecified atom stereocenters. The molecule has 27 heavy (non-hydrogen) atoms. The van der Waals surface area contributed by atoms with E-state index < -0.39 is 23.6 Å². The number of nitrogens with zero attached hydrogens (tertiary/aromatic N) is 1. The van der Waals surface area contributed by atoms with E-state index in [2.05, 4.69) is 10.1 Å². The van der Waals surface area contributed by atoms with Crippen LogP contribution in [0.15, 0.2) is 53.2 Å². The molecule has 1 aliphatic rings. The van der Waals surface area contributed by atoms with Crippen LogP contribution in [0.1, 0.15) is 10.4 Å². The molecule has 0 atom stereocenters. The van der Waals surface area contributed by atoms with Gasteiger partial charge in [0.2, 0.25) is 0 Å². The number of carbonyl (C=O) groups excluding carboxylic acids is 3. The Hall–Kier alpha value is -2.90. The number of methoxy groups -OCH3 is 1. The molecule has 9 heteroatoms. The van der Waals surface area contributed by atoms with Crippen LogP contribution in [0.2, 0.25) is 5.02 Å². The number of rotatable bonds is 4. The predicted molar refractivity (Wildman–Crippen MR) is 98.2 cm³/mol. The summed E-state index contributed by atoms with van der Waals surface area (Å²) in [7, 11) is 1.24. The molecule has 2 aromatic carbocycles. The maximum atomic E-state index is 13.3. The Morgan fingerprint density at radius 2 is 1.74 bits per heavy atom. The van der Waals surface area contributed by atoms with Crippen LogP contribution in [-0.4, -0.2) is 24.9 Å². The second-order valence-corrected chi connectivity index (χ2v) is 6.21. The van der Waals surface area contributed by atoms with Crippen LogP contribution in [0.4, 0.5) is 15.8 Å². The van der Waals surface area contributed by atoms with E-state index in [1.54, 1.807) is 0 Å². The molecule has 0 radical (unpaired) electrons. The van der Waals surface area contributed by atoms with Crippen LogP contribution in [0.25, 0.3) is 0 Å². The van der Waals surface area contributed by atoms with Crippen molar-refractivity contribution in [3.8, 4) is 0 Å². The Morgan fingerprint density at radius 3 is 2.33 bits per heavy atom. The number of nitrogens with one attached hydrogen (secondary N) is 1. The van der Waals surface area contributed by atoms with Gasteiger partial charge in [-0.2, -0.15) is 0 Å². The Balaban J connectivity index is 1.87. The van der Waals surface area contributed by atoms with E-state index in [0.717, 1.165) is 11.0 Å². The summed E-state index contributed by atoms with van der Waals surface area (Å²) >= 11 is 11.7. The Morgan fingerprint density at radius 1 is 1.07 bits per heavy atom. The smallest absolute Gasteiger partial charge is 0.337 e. The molecule has 2 aromatic rings. The molecular weight excluding hydrogens is 398 g/mol. The summed E-state index contributed by atoms with van der Waals surface area (Å²) in [5.41, 5.74) is 0.614. The molecule has 1 heterocycles. The van der Waals surface area contributed by atoms with Crippen molar-refractivity contribution in [2.24, 2.45) is 0 Å². The second kappa shape index (κ2) is 7.38. The van der Waals surface area contributed by atoms with Gasteiger partial charge in [-0.05, 0) is 42.5 Å². The Bertz CT molecular complexity index is 989. The molecule has 0 fully saturated rings. The first kappa shape index (κ1) is 18.9. The van der Waals surface area contributed by atoms with E-state index >= 15 is 0 Å². The van der Waals surface area contributed by atoms with Gasteiger partial charge in [0.1, 0.15) is 16.5 Å². The molecule has 1 N–H and O–H groups in total. The van der Waals surface area contributed by atoms with Crippen molar-refractivity contribution >= 4 is 52.4 Å². The van der Waals surface area contributed by atoms with E-state index in [1.165, 1.54) is 43.5 Å². The molecule has 0 saturated carbocycles. The molecule has 0 saturated heterocycles. The van der Waals surface area contributed by atoms with E-state index in [9.17, 15) is 18.8 Å². The predicted octanol–water partition coefficient (Wildman–Crippen LogP) is 3.70. The van der Waals surface area contributed by atoms with Crippen molar-refractivity contribution in [1.82, 2.24) is 0 Å². The molecule has 0 spiro atoms. The molecule has 1 aliphatic heterocycles. The van der Waals surface area contributed by atoms with E-state index in [-0.39, 0.29) is 27.0 Å². The molecular formula is C18H11Cl2FN2O4. The third-order valence-electron chi connectivity index (χ3n) is 3.76. The summed E-state index contributed by atoms with van der Waals surface area (Å²) in [4.78, 5) is 37.4. The highest BCUT2D eigenvalue weighted by Gasteiger charge is 2.39. The van der Waals surface area contributed by atoms with Gasteiger partial charge < -0.3 is 10.1 Å². The number of imide groups is 1. The third kappa shape index (κ3) is 3.51. The molecule has 2 amide bonds. The topological polar surface area (TPSA) is 75.7 Å². The maximum Gasteiger partial charge on any atom is 0.337 e. The number of ether oxygens (including phenoxy) is 1. The second-order valence-electron chi connectivity index (χ2n) is 5.43. The lowest BCUT2D eigenvalue weighted by molar-refractivity contribution is -0.120. The number of carbonyl (C=O) groups is 3. The lowest BCUT2D eigenvalue weighted by Gasteiger charge is -2.15. The van der Waals surface area contributed by atoms with Gasteiger partial charge in [0, 0.05) is 5.69 Å². The first-order valence-electron chi connectivity index (χ1n) is 7.52. The molecule has 138 valence electrons. The standard InChI is InChI=1S/C18H11Cl2FN2O4/c1-27-18(26)9-2-5-11(6-3-9)23-16(24)14(20)15(17(23)25)22-10-4-7-13(21)12(19)8-10/h2-8,22H,1H3. The quantitative estimate of drug-likeness (QED) is 0.616. The summed E-state index contributed by atoms with van der Waals surface area (Å²) in [6.45, 7) is 0. The summed E-state index contributed by atoms with van der Waals surface area (Å²) in [5, 5.41) is 2.22. The zero-order valence-electron chi connectivity index (χ0n) is 13.8. The molecule has 3 rings (SSSR count). The van der Waals surface area contributed by atoms with Gasteiger partial charge in [0.05, 0.1) is 23.4 Å². The minimum absolute atomic E-state index is 0.149. The van der Waals surface area contributed by atoms with Gasteiger partial charge in [-0.1, -0.05) is 23.2 Å². The van der Waals surface area contributed by atoms with Crippen molar-refractivity contribution in [3.63, 3.8) is 0 Å². The highest BCUT2D eigenvalue weighted by atomic mass is 35.5. The fraction of sp³-hybridized carbons (Fsp3) is 0.0556. The minimum atomic E-state index is -0.733. The number of amides is 2. The molecule has 0 aromatic heterocycles. The number of halogens is 3. The number of benzene rings is 2. The van der Waals surface area contributed by atoms with E-state index in [1.807, 2.05) is 0 Å². The Kier molecular flexibility index (Phi) is 5.16. The number of hydrogen-bond donors (Lipinski definition) is 1. The van der Waals surface area contributed by atoms with Crippen molar-refractivity contribution in [1.29, 1.82) is 0 Å². The zero-order valence-corrected chi connectivity index (χ0v) is 15.3. The van der Waals surface area contributed by atoms with Gasteiger partial charge in [0.25, 0.3) is 11.8 Å². The summed E-state index contributed by atoms with van der Waals surface area (Å²) < 4.78 is 17.9.